The fourth-order valence-corrected chi connectivity index (χ4v) is 3.06. The van der Waals surface area contributed by atoms with Crippen molar-refractivity contribution in [2.45, 2.75) is 6.42 Å². The van der Waals surface area contributed by atoms with Gasteiger partial charge in [0, 0.05) is 24.7 Å². The quantitative estimate of drug-likeness (QED) is 0.799. The average molecular weight is 320 g/mol. The second kappa shape index (κ2) is 5.88. The van der Waals surface area contributed by atoms with Crippen LogP contribution in [-0.4, -0.2) is 39.1 Å². The Morgan fingerprint density at radius 2 is 1.96 bits per heavy atom. The Morgan fingerprint density at radius 1 is 1.12 bits per heavy atom. The maximum Gasteiger partial charge on any atom is 0.308 e. The molecule has 1 atom stereocenters. The van der Waals surface area contributed by atoms with Crippen molar-refractivity contribution in [1.82, 2.24) is 15.0 Å². The minimum atomic E-state index is -0.749. The van der Waals surface area contributed by atoms with Crippen molar-refractivity contribution in [3.05, 3.63) is 48.7 Å². The highest BCUT2D eigenvalue weighted by molar-refractivity contribution is 5.91. The van der Waals surface area contributed by atoms with E-state index in [-0.39, 0.29) is 5.92 Å². The van der Waals surface area contributed by atoms with Crippen LogP contribution in [0.1, 0.15) is 6.42 Å². The maximum atomic E-state index is 11.3. The van der Waals surface area contributed by atoms with Crippen LogP contribution < -0.4 is 4.90 Å². The van der Waals surface area contributed by atoms with E-state index in [0.717, 1.165) is 16.7 Å². The van der Waals surface area contributed by atoms with Gasteiger partial charge in [-0.25, -0.2) is 9.97 Å². The fourth-order valence-electron chi connectivity index (χ4n) is 3.06. The summed E-state index contributed by atoms with van der Waals surface area (Å²) in [5.74, 6) is 0.242. The van der Waals surface area contributed by atoms with Gasteiger partial charge in [0.2, 0.25) is 0 Å². The number of rotatable bonds is 3. The first-order chi connectivity index (χ1) is 11.7. The van der Waals surface area contributed by atoms with E-state index in [1.807, 2.05) is 47.4 Å². The molecule has 6 heteroatoms. The normalized spacial score (nSPS) is 17.3. The molecule has 0 bridgehead atoms. The number of benzene rings is 1. The summed E-state index contributed by atoms with van der Waals surface area (Å²) in [4.78, 5) is 26.9. The van der Waals surface area contributed by atoms with E-state index < -0.39 is 5.97 Å². The summed E-state index contributed by atoms with van der Waals surface area (Å²) in [6, 6.07) is 13.4. The van der Waals surface area contributed by atoms with Crippen LogP contribution in [0.5, 0.6) is 0 Å². The predicted octanol–water partition coefficient (Wildman–Crippen LogP) is 2.60. The van der Waals surface area contributed by atoms with Gasteiger partial charge in [0.1, 0.15) is 11.5 Å². The van der Waals surface area contributed by atoms with Crippen LogP contribution in [0.3, 0.4) is 0 Å². The number of anilines is 1. The lowest BCUT2D eigenvalue weighted by Gasteiger charge is -2.19. The molecule has 1 aromatic carbocycles. The van der Waals surface area contributed by atoms with Crippen molar-refractivity contribution in [3.8, 4) is 11.5 Å². The molecule has 0 spiro atoms. The third-order valence-corrected chi connectivity index (χ3v) is 4.31. The molecule has 1 unspecified atom stereocenters. The molecule has 0 saturated carbocycles. The number of pyridine rings is 1. The number of carboxylic acids is 1. The van der Waals surface area contributed by atoms with Crippen molar-refractivity contribution in [3.63, 3.8) is 0 Å². The number of carbonyl (C=O) groups is 1. The molecule has 0 amide bonds. The molecule has 1 aliphatic rings. The summed E-state index contributed by atoms with van der Waals surface area (Å²) in [7, 11) is 0. The predicted molar refractivity (Wildman–Crippen MR) is 90.7 cm³/mol. The molecule has 3 heterocycles. The lowest BCUT2D eigenvalue weighted by atomic mass is 10.1. The van der Waals surface area contributed by atoms with E-state index in [9.17, 15) is 9.90 Å². The van der Waals surface area contributed by atoms with Crippen LogP contribution >= 0.6 is 0 Å². The maximum absolute atomic E-state index is 11.3. The Balaban J connectivity index is 1.83. The van der Waals surface area contributed by atoms with Crippen molar-refractivity contribution < 1.29 is 9.90 Å². The van der Waals surface area contributed by atoms with E-state index in [0.29, 0.717) is 31.0 Å². The first-order valence-corrected chi connectivity index (χ1v) is 7.88. The van der Waals surface area contributed by atoms with Crippen LogP contribution in [-0.2, 0) is 4.79 Å². The molecule has 0 aliphatic carbocycles. The molecule has 24 heavy (non-hydrogen) atoms. The smallest absolute Gasteiger partial charge is 0.308 e. The number of carboxylic acid groups (broad SMARTS) is 1. The zero-order chi connectivity index (χ0) is 16.5. The van der Waals surface area contributed by atoms with Crippen LogP contribution in [0.2, 0.25) is 0 Å². The highest BCUT2D eigenvalue weighted by atomic mass is 16.4. The minimum Gasteiger partial charge on any atom is -0.481 e. The Hall–Kier alpha value is -3.02. The molecule has 1 aliphatic heterocycles. The number of hydrogen-bond donors (Lipinski definition) is 1. The molecule has 6 nitrogen and oxygen atoms in total. The van der Waals surface area contributed by atoms with Gasteiger partial charge in [0.25, 0.3) is 0 Å². The van der Waals surface area contributed by atoms with Gasteiger partial charge in [-0.2, -0.15) is 0 Å². The lowest BCUT2D eigenvalue weighted by Crippen LogP contribution is -2.24. The molecule has 120 valence electrons. The summed E-state index contributed by atoms with van der Waals surface area (Å²) in [6.45, 7) is 1.15. The standard InChI is InChI=1S/C18H16N4O2/c23-18(24)12-8-10-22(11-12)17-13-5-1-2-6-14(13)20-16(21-17)15-7-3-4-9-19-15/h1-7,9,12H,8,10-11H2,(H,23,24). The number of hydrogen-bond acceptors (Lipinski definition) is 5. The lowest BCUT2D eigenvalue weighted by molar-refractivity contribution is -0.140. The third-order valence-electron chi connectivity index (χ3n) is 4.31. The van der Waals surface area contributed by atoms with Gasteiger partial charge in [-0.1, -0.05) is 18.2 Å². The monoisotopic (exact) mass is 320 g/mol. The molecular formula is C18H16N4O2. The Labute approximate surface area is 138 Å². The van der Waals surface area contributed by atoms with E-state index >= 15 is 0 Å². The molecular weight excluding hydrogens is 304 g/mol. The second-order valence-corrected chi connectivity index (χ2v) is 5.87. The van der Waals surface area contributed by atoms with Crippen molar-refractivity contribution in [1.29, 1.82) is 0 Å². The van der Waals surface area contributed by atoms with Gasteiger partial charge >= 0.3 is 5.97 Å². The van der Waals surface area contributed by atoms with Crippen LogP contribution in [0.4, 0.5) is 5.82 Å². The van der Waals surface area contributed by atoms with Crippen molar-refractivity contribution in [2.24, 2.45) is 5.92 Å². The molecule has 1 N–H and O–H groups in total. The van der Waals surface area contributed by atoms with E-state index in [1.54, 1.807) is 6.20 Å². The average Bonchev–Trinajstić information content (AvgIpc) is 3.12. The summed E-state index contributed by atoms with van der Waals surface area (Å²) in [6.07, 6.45) is 2.34. The number of aliphatic carboxylic acids is 1. The van der Waals surface area contributed by atoms with Gasteiger partial charge in [-0.05, 0) is 30.7 Å². The number of para-hydroxylation sites is 1. The van der Waals surface area contributed by atoms with Crippen molar-refractivity contribution >= 4 is 22.7 Å². The van der Waals surface area contributed by atoms with Gasteiger partial charge in [0.15, 0.2) is 5.82 Å². The number of fused-ring (bicyclic) bond motifs is 1. The largest absolute Gasteiger partial charge is 0.481 e. The summed E-state index contributed by atoms with van der Waals surface area (Å²) in [5.41, 5.74) is 1.54. The molecule has 4 rings (SSSR count). The molecule has 1 fully saturated rings. The van der Waals surface area contributed by atoms with E-state index in [1.165, 1.54) is 0 Å². The SMILES string of the molecule is O=C(O)C1CCN(c2nc(-c3ccccn3)nc3ccccc23)C1. The summed E-state index contributed by atoms with van der Waals surface area (Å²) < 4.78 is 0. The molecule has 1 saturated heterocycles. The second-order valence-electron chi connectivity index (χ2n) is 5.87. The first kappa shape index (κ1) is 14.6. The van der Waals surface area contributed by atoms with E-state index in [4.69, 9.17) is 4.98 Å². The number of nitrogens with zero attached hydrogens (tertiary/aromatic N) is 4. The van der Waals surface area contributed by atoms with Crippen LogP contribution in [0.15, 0.2) is 48.7 Å². The summed E-state index contributed by atoms with van der Waals surface area (Å²) in [5, 5.41) is 10.2. The first-order valence-electron chi connectivity index (χ1n) is 7.88. The van der Waals surface area contributed by atoms with Gasteiger partial charge < -0.3 is 10.0 Å². The highest BCUT2D eigenvalue weighted by Gasteiger charge is 2.30. The van der Waals surface area contributed by atoms with Crippen molar-refractivity contribution in [2.75, 3.05) is 18.0 Å². The Bertz CT molecular complexity index is 898. The number of aromatic nitrogens is 3. The van der Waals surface area contributed by atoms with Gasteiger partial charge in [-0.15, -0.1) is 0 Å². The topological polar surface area (TPSA) is 79.2 Å². The third kappa shape index (κ3) is 2.56. The van der Waals surface area contributed by atoms with E-state index in [2.05, 4.69) is 9.97 Å². The van der Waals surface area contributed by atoms with Crippen LogP contribution in [0.25, 0.3) is 22.4 Å². The minimum absolute atomic E-state index is 0.350. The van der Waals surface area contributed by atoms with Gasteiger partial charge in [0.05, 0.1) is 11.4 Å². The van der Waals surface area contributed by atoms with Crippen LogP contribution in [0, 0.1) is 5.92 Å². The fraction of sp³-hybridized carbons (Fsp3) is 0.222. The zero-order valence-electron chi connectivity index (χ0n) is 13.0. The van der Waals surface area contributed by atoms with Gasteiger partial charge in [-0.3, -0.25) is 9.78 Å². The molecule has 2 aromatic heterocycles. The Morgan fingerprint density at radius 3 is 2.71 bits per heavy atom. The molecule has 3 aromatic rings. The molecule has 0 radical (unpaired) electrons. The zero-order valence-corrected chi connectivity index (χ0v) is 13.0. The Kier molecular flexibility index (Phi) is 3.57. The highest BCUT2D eigenvalue weighted by Crippen LogP contribution is 2.30. The summed E-state index contributed by atoms with van der Waals surface area (Å²) >= 11 is 0.